The molecule has 1 N–H and O–H groups in total. The van der Waals surface area contributed by atoms with Crippen molar-refractivity contribution in [2.45, 2.75) is 32.0 Å². The Balaban J connectivity index is 2.51. The van der Waals surface area contributed by atoms with Gasteiger partial charge in [0.1, 0.15) is 0 Å². The zero-order chi connectivity index (χ0) is 10.8. The normalized spacial score (nSPS) is 14.4. The lowest BCUT2D eigenvalue weighted by Gasteiger charge is -2.10. The van der Waals surface area contributed by atoms with Crippen LogP contribution in [0.3, 0.4) is 0 Å². The lowest BCUT2D eigenvalue weighted by atomic mass is 10.1. The highest BCUT2D eigenvalue weighted by molar-refractivity contribution is 7.05. The van der Waals surface area contributed by atoms with Crippen molar-refractivity contribution in [1.29, 1.82) is 0 Å². The summed E-state index contributed by atoms with van der Waals surface area (Å²) < 4.78 is 39.0. The van der Waals surface area contributed by atoms with E-state index in [9.17, 15) is 18.3 Å². The number of rotatable bonds is 3. The monoisotopic (exact) mass is 226 g/mol. The van der Waals surface area contributed by atoms with Crippen LogP contribution in [-0.2, 0) is 0 Å². The summed E-state index contributed by atoms with van der Waals surface area (Å²) in [6.45, 7) is 1.61. The van der Waals surface area contributed by atoms with Crippen molar-refractivity contribution in [2.75, 3.05) is 0 Å². The molecule has 0 radical (unpaired) electrons. The van der Waals surface area contributed by atoms with Crippen molar-refractivity contribution >= 4 is 11.5 Å². The van der Waals surface area contributed by atoms with Crippen molar-refractivity contribution in [3.8, 4) is 0 Å². The van der Waals surface area contributed by atoms with Crippen molar-refractivity contribution in [3.05, 3.63) is 10.6 Å². The molecule has 0 saturated carbocycles. The Morgan fingerprint density at radius 2 is 2.14 bits per heavy atom. The molecule has 80 valence electrons. The Morgan fingerprint density at radius 1 is 1.50 bits per heavy atom. The minimum Gasteiger partial charge on any atom is -0.387 e. The van der Waals surface area contributed by atoms with Crippen LogP contribution in [-0.4, -0.2) is 20.9 Å². The van der Waals surface area contributed by atoms with Crippen LogP contribution in [0.1, 0.15) is 29.5 Å². The first-order valence-corrected chi connectivity index (χ1v) is 4.71. The molecule has 0 fully saturated rings. The third-order valence-corrected chi connectivity index (χ3v) is 2.62. The first-order valence-electron chi connectivity index (χ1n) is 3.94. The highest BCUT2D eigenvalue weighted by Gasteiger charge is 2.29. The molecule has 14 heavy (non-hydrogen) atoms. The number of nitrogens with zero attached hydrogens (tertiary/aromatic N) is 2. The molecule has 1 unspecified atom stereocenters. The molecule has 1 atom stereocenters. The molecule has 0 saturated heterocycles. The lowest BCUT2D eigenvalue weighted by molar-refractivity contribution is -0.140. The predicted molar refractivity (Wildman–Crippen MR) is 44.9 cm³/mol. The van der Waals surface area contributed by atoms with Crippen molar-refractivity contribution in [2.24, 2.45) is 0 Å². The van der Waals surface area contributed by atoms with Gasteiger partial charge in [0, 0.05) is 6.42 Å². The smallest absolute Gasteiger partial charge is 0.387 e. The summed E-state index contributed by atoms with van der Waals surface area (Å²) in [4.78, 5) is 0.411. The van der Waals surface area contributed by atoms with E-state index in [0.29, 0.717) is 10.6 Å². The summed E-state index contributed by atoms with van der Waals surface area (Å²) >= 11 is 0.930. The lowest BCUT2D eigenvalue weighted by Crippen LogP contribution is -2.09. The number of halogens is 3. The average Bonchev–Trinajstić information content (AvgIpc) is 2.46. The van der Waals surface area contributed by atoms with Gasteiger partial charge in [0.15, 0.2) is 0 Å². The van der Waals surface area contributed by atoms with Crippen molar-refractivity contribution < 1.29 is 18.3 Å². The number of aliphatic hydroxyl groups excluding tert-OH is 1. The number of aryl methyl sites for hydroxylation is 1. The van der Waals surface area contributed by atoms with E-state index in [1.807, 2.05) is 0 Å². The molecule has 0 aliphatic carbocycles. The first kappa shape index (κ1) is 11.4. The molecular weight excluding hydrogens is 217 g/mol. The third kappa shape index (κ3) is 3.22. The highest BCUT2D eigenvalue weighted by Crippen LogP contribution is 2.29. The van der Waals surface area contributed by atoms with Crippen LogP contribution in [0.5, 0.6) is 0 Å². The summed E-state index contributed by atoms with van der Waals surface area (Å²) in [5, 5.41) is 13.0. The maximum atomic E-state index is 11.8. The SMILES string of the molecule is Cc1nnsc1C(O)CCC(F)(F)F. The molecule has 0 aliphatic rings. The van der Waals surface area contributed by atoms with Gasteiger partial charge in [-0.2, -0.15) is 13.2 Å². The van der Waals surface area contributed by atoms with Crippen molar-refractivity contribution in [3.63, 3.8) is 0 Å². The van der Waals surface area contributed by atoms with Crippen LogP contribution in [0, 0.1) is 6.92 Å². The van der Waals surface area contributed by atoms with Gasteiger partial charge in [0.2, 0.25) is 0 Å². The van der Waals surface area contributed by atoms with Gasteiger partial charge in [-0.1, -0.05) is 4.49 Å². The summed E-state index contributed by atoms with van der Waals surface area (Å²) in [5.74, 6) is 0. The Kier molecular flexibility index (Phi) is 3.43. The van der Waals surface area contributed by atoms with Gasteiger partial charge in [-0.15, -0.1) is 5.10 Å². The minimum absolute atomic E-state index is 0.339. The fraction of sp³-hybridized carbons (Fsp3) is 0.714. The van der Waals surface area contributed by atoms with Crippen LogP contribution in [0.4, 0.5) is 13.2 Å². The largest absolute Gasteiger partial charge is 0.389 e. The fourth-order valence-electron chi connectivity index (χ4n) is 0.974. The van der Waals surface area contributed by atoms with E-state index in [2.05, 4.69) is 9.59 Å². The molecular formula is C7H9F3N2OS. The number of hydrogen-bond acceptors (Lipinski definition) is 4. The predicted octanol–water partition coefficient (Wildman–Crippen LogP) is 2.22. The Morgan fingerprint density at radius 3 is 2.57 bits per heavy atom. The molecule has 3 nitrogen and oxygen atoms in total. The van der Waals surface area contributed by atoms with Crippen molar-refractivity contribution in [1.82, 2.24) is 9.59 Å². The zero-order valence-electron chi connectivity index (χ0n) is 7.38. The highest BCUT2D eigenvalue weighted by atomic mass is 32.1. The molecule has 0 bridgehead atoms. The van der Waals surface area contributed by atoms with Gasteiger partial charge in [0.05, 0.1) is 16.7 Å². The molecule has 1 aromatic heterocycles. The minimum atomic E-state index is -4.23. The molecule has 0 aliphatic heterocycles. The molecule has 1 rings (SSSR count). The first-order chi connectivity index (χ1) is 6.40. The number of alkyl halides is 3. The summed E-state index contributed by atoms with van der Waals surface area (Å²) in [6.07, 6.45) is -6.68. The van der Waals surface area contributed by atoms with Crippen LogP contribution >= 0.6 is 11.5 Å². The van der Waals surface area contributed by atoms with E-state index in [1.54, 1.807) is 6.92 Å². The van der Waals surface area contributed by atoms with Gasteiger partial charge in [-0.25, -0.2) is 0 Å². The summed E-state index contributed by atoms with van der Waals surface area (Å²) in [5.41, 5.74) is 0.490. The van der Waals surface area contributed by atoms with Gasteiger partial charge in [-0.05, 0) is 24.9 Å². The number of aliphatic hydroxyl groups is 1. The van der Waals surface area contributed by atoms with E-state index in [0.717, 1.165) is 11.5 Å². The summed E-state index contributed by atoms with van der Waals surface area (Å²) in [6, 6.07) is 0. The van der Waals surface area contributed by atoms with Crippen LogP contribution in [0.2, 0.25) is 0 Å². The van der Waals surface area contributed by atoms with E-state index in [-0.39, 0.29) is 6.42 Å². The molecule has 0 spiro atoms. The Labute approximate surface area is 82.7 Å². The molecule has 0 aromatic carbocycles. The molecule has 1 aromatic rings. The van der Waals surface area contributed by atoms with Crippen LogP contribution < -0.4 is 0 Å². The Hall–Kier alpha value is -0.690. The average molecular weight is 226 g/mol. The third-order valence-electron chi connectivity index (χ3n) is 1.69. The van der Waals surface area contributed by atoms with E-state index < -0.39 is 18.7 Å². The van der Waals surface area contributed by atoms with Gasteiger partial charge < -0.3 is 5.11 Å². The summed E-state index contributed by atoms with van der Waals surface area (Å²) in [7, 11) is 0. The second-order valence-electron chi connectivity index (χ2n) is 2.89. The van der Waals surface area contributed by atoms with Gasteiger partial charge in [-0.3, -0.25) is 0 Å². The van der Waals surface area contributed by atoms with Crippen LogP contribution in [0.15, 0.2) is 0 Å². The zero-order valence-corrected chi connectivity index (χ0v) is 8.19. The van der Waals surface area contributed by atoms with Crippen LogP contribution in [0.25, 0.3) is 0 Å². The molecule has 0 amide bonds. The van der Waals surface area contributed by atoms with E-state index >= 15 is 0 Å². The topological polar surface area (TPSA) is 46.0 Å². The van der Waals surface area contributed by atoms with E-state index in [1.165, 1.54) is 0 Å². The van der Waals surface area contributed by atoms with Gasteiger partial charge in [0.25, 0.3) is 0 Å². The van der Waals surface area contributed by atoms with Gasteiger partial charge >= 0.3 is 6.18 Å². The Bertz CT molecular complexity index is 299. The van der Waals surface area contributed by atoms with E-state index in [4.69, 9.17) is 0 Å². The quantitative estimate of drug-likeness (QED) is 0.859. The fourth-order valence-corrected chi connectivity index (χ4v) is 1.64. The maximum absolute atomic E-state index is 11.8. The molecule has 7 heteroatoms. The maximum Gasteiger partial charge on any atom is 0.389 e. The number of hydrogen-bond donors (Lipinski definition) is 1. The second-order valence-corrected chi connectivity index (χ2v) is 3.68. The standard InChI is InChI=1S/C7H9F3N2OS/c1-4-6(14-12-11-4)5(13)2-3-7(8,9)10/h5,13H,2-3H2,1H3. The number of aromatic nitrogens is 2. The second kappa shape index (κ2) is 4.22. The molecule has 1 heterocycles.